The van der Waals surface area contributed by atoms with Gasteiger partial charge in [0.05, 0.1) is 26.7 Å². The predicted octanol–water partition coefficient (Wildman–Crippen LogP) is -0.329. The average Bonchev–Trinajstić information content (AvgIpc) is 2.74. The second-order valence-corrected chi connectivity index (χ2v) is 8.14. The van der Waals surface area contributed by atoms with Gasteiger partial charge in [-0.3, -0.25) is 34.0 Å². The molecule has 1 aromatic carbocycles. The van der Waals surface area contributed by atoms with Gasteiger partial charge in [0.2, 0.25) is 0 Å². The van der Waals surface area contributed by atoms with Gasteiger partial charge in [0, 0.05) is 98.8 Å². The maximum Gasteiger partial charge on any atom is 0.317 e. The fraction of sp³-hybridized carbons (Fsp3) is 0.591. The first-order valence-corrected chi connectivity index (χ1v) is 10.9. The minimum Gasteiger partial charge on any atom is -0.497 e. The van der Waals surface area contributed by atoms with Gasteiger partial charge in [-0.15, -0.1) is 0 Å². The standard InChI is InChI=1S/C22H34N4O7.Gd/c1-33-19-4-2-3-18(13-19)14-23-5-7-24(15-20(27)28)9-11-26(17-22(31)32)12-10-25(8-6-23)16-21(29)30;/h2-4,13H,5-12,14-17H2,1H3,(H,27,28)(H,29,30)(H,31,32);. The number of nitrogens with zero attached hydrogens (tertiary/aromatic N) is 4. The zero-order chi connectivity index (χ0) is 24.2. The Bertz CT molecular complexity index is 766. The van der Waals surface area contributed by atoms with Crippen molar-refractivity contribution in [3.8, 4) is 5.75 Å². The van der Waals surface area contributed by atoms with E-state index in [1.807, 2.05) is 34.1 Å². The fourth-order valence-electron chi connectivity index (χ4n) is 3.81. The average molecular weight is 624 g/mol. The Hall–Kier alpha value is -1.41. The molecule has 0 aromatic heterocycles. The van der Waals surface area contributed by atoms with Crippen LogP contribution >= 0.6 is 0 Å². The number of rotatable bonds is 9. The van der Waals surface area contributed by atoms with Gasteiger partial charge in [0.1, 0.15) is 5.75 Å². The number of carbonyl (C=O) groups is 3. The Morgan fingerprint density at radius 2 is 1.12 bits per heavy atom. The molecule has 0 radical (unpaired) electrons. The number of hydrogen-bond acceptors (Lipinski definition) is 8. The normalized spacial score (nSPS) is 17.7. The van der Waals surface area contributed by atoms with E-state index in [9.17, 15) is 29.7 Å². The molecular weight excluding hydrogens is 590 g/mol. The molecule has 12 heteroatoms. The van der Waals surface area contributed by atoms with Crippen molar-refractivity contribution in [2.24, 2.45) is 0 Å². The van der Waals surface area contributed by atoms with Gasteiger partial charge in [-0.1, -0.05) is 12.1 Å². The van der Waals surface area contributed by atoms with Gasteiger partial charge in [-0.05, 0) is 17.7 Å². The third-order valence-electron chi connectivity index (χ3n) is 5.55. The summed E-state index contributed by atoms with van der Waals surface area (Å²) in [6.07, 6.45) is 0. The monoisotopic (exact) mass is 624 g/mol. The van der Waals surface area contributed by atoms with Crippen molar-refractivity contribution in [1.29, 1.82) is 0 Å². The van der Waals surface area contributed by atoms with Crippen molar-refractivity contribution in [3.63, 3.8) is 0 Å². The van der Waals surface area contributed by atoms with Crippen LogP contribution in [0.1, 0.15) is 5.56 Å². The second-order valence-electron chi connectivity index (χ2n) is 8.14. The Morgan fingerprint density at radius 3 is 1.47 bits per heavy atom. The smallest absolute Gasteiger partial charge is 0.317 e. The fourth-order valence-corrected chi connectivity index (χ4v) is 3.81. The Kier molecular flexibility index (Phi) is 14.7. The molecule has 0 unspecified atom stereocenters. The summed E-state index contributed by atoms with van der Waals surface area (Å²) < 4.78 is 5.30. The molecule has 0 atom stereocenters. The van der Waals surface area contributed by atoms with Crippen LogP contribution in [0.2, 0.25) is 0 Å². The van der Waals surface area contributed by atoms with E-state index in [4.69, 9.17) is 4.74 Å². The van der Waals surface area contributed by atoms with Gasteiger partial charge in [0.15, 0.2) is 0 Å². The van der Waals surface area contributed by atoms with Crippen LogP contribution in [0.4, 0.5) is 0 Å². The predicted molar refractivity (Wildman–Crippen MR) is 120 cm³/mol. The van der Waals surface area contributed by atoms with E-state index >= 15 is 0 Å². The summed E-state index contributed by atoms with van der Waals surface area (Å²) in [5, 5.41) is 27.8. The number of hydrogen-bond donors (Lipinski definition) is 3. The molecule has 0 aliphatic carbocycles. The Balaban J connectivity index is 0.00000578. The first-order valence-electron chi connectivity index (χ1n) is 10.9. The molecule has 0 amide bonds. The van der Waals surface area contributed by atoms with Crippen molar-refractivity contribution in [1.82, 2.24) is 19.6 Å². The largest absolute Gasteiger partial charge is 0.497 e. The van der Waals surface area contributed by atoms with Gasteiger partial charge in [-0.25, -0.2) is 0 Å². The molecule has 34 heavy (non-hydrogen) atoms. The Labute approximate surface area is 231 Å². The van der Waals surface area contributed by atoms with Gasteiger partial charge in [-0.2, -0.15) is 0 Å². The van der Waals surface area contributed by atoms with Crippen LogP contribution in [-0.4, -0.2) is 132 Å². The third-order valence-corrected chi connectivity index (χ3v) is 5.55. The molecule has 0 saturated carbocycles. The zero-order valence-corrected chi connectivity index (χ0v) is 21.7. The number of carboxylic acid groups (broad SMARTS) is 3. The summed E-state index contributed by atoms with van der Waals surface area (Å²) in [7, 11) is 1.61. The zero-order valence-electron chi connectivity index (χ0n) is 19.4. The van der Waals surface area contributed by atoms with Crippen LogP contribution in [0.5, 0.6) is 5.75 Å². The Morgan fingerprint density at radius 1 is 0.735 bits per heavy atom. The number of ether oxygens (including phenoxy) is 1. The van der Waals surface area contributed by atoms with Crippen LogP contribution in [-0.2, 0) is 20.9 Å². The molecule has 1 aromatic rings. The van der Waals surface area contributed by atoms with Gasteiger partial charge < -0.3 is 20.1 Å². The molecule has 0 spiro atoms. The topological polar surface area (TPSA) is 134 Å². The molecule has 1 aliphatic heterocycles. The number of aliphatic carboxylic acids is 3. The summed E-state index contributed by atoms with van der Waals surface area (Å²) in [4.78, 5) is 41.5. The second kappa shape index (κ2) is 16.3. The molecule has 1 aliphatic rings. The van der Waals surface area contributed by atoms with Crippen molar-refractivity contribution < 1.29 is 74.4 Å². The molecule has 2 rings (SSSR count). The van der Waals surface area contributed by atoms with Crippen molar-refractivity contribution >= 4 is 17.9 Å². The molecule has 192 valence electrons. The van der Waals surface area contributed by atoms with E-state index in [1.54, 1.807) is 12.0 Å². The van der Waals surface area contributed by atoms with E-state index in [1.165, 1.54) is 0 Å². The van der Waals surface area contributed by atoms with Crippen molar-refractivity contribution in [3.05, 3.63) is 29.8 Å². The van der Waals surface area contributed by atoms with Crippen LogP contribution in [0, 0.1) is 39.9 Å². The van der Waals surface area contributed by atoms with E-state index in [2.05, 4.69) is 4.90 Å². The first-order chi connectivity index (χ1) is 15.7. The van der Waals surface area contributed by atoms with E-state index < -0.39 is 17.9 Å². The van der Waals surface area contributed by atoms with Gasteiger partial charge in [0.25, 0.3) is 0 Å². The maximum absolute atomic E-state index is 11.4. The minimum atomic E-state index is -0.971. The number of benzene rings is 1. The summed E-state index contributed by atoms with van der Waals surface area (Å²) in [6, 6.07) is 7.72. The van der Waals surface area contributed by atoms with Crippen LogP contribution in [0.3, 0.4) is 0 Å². The maximum atomic E-state index is 11.4. The minimum absolute atomic E-state index is 0. The SMILES string of the molecule is COc1cccc(CN2CCN(CC(=O)O)CCN(CC(=O)O)CCN(CC(=O)O)CC2)c1.[Gd]. The van der Waals surface area contributed by atoms with E-state index in [0.717, 1.165) is 11.3 Å². The number of carboxylic acids is 3. The number of methoxy groups -OCH3 is 1. The summed E-state index contributed by atoms with van der Waals surface area (Å²) in [6.45, 7) is 3.94. The molecule has 0 bridgehead atoms. The molecule has 1 heterocycles. The van der Waals surface area contributed by atoms with Crippen LogP contribution < -0.4 is 4.74 Å². The quantitative estimate of drug-likeness (QED) is 0.334. The first kappa shape index (κ1) is 30.6. The van der Waals surface area contributed by atoms with E-state index in [0.29, 0.717) is 58.9 Å². The molecular formula is C22H34GdN4O7. The molecule has 1 fully saturated rings. The molecule has 11 nitrogen and oxygen atoms in total. The third kappa shape index (κ3) is 12.3. The van der Waals surface area contributed by atoms with Crippen molar-refractivity contribution in [2.45, 2.75) is 6.54 Å². The van der Waals surface area contributed by atoms with Crippen molar-refractivity contribution in [2.75, 3.05) is 79.1 Å². The summed E-state index contributed by atoms with van der Waals surface area (Å²) >= 11 is 0. The van der Waals surface area contributed by atoms with Crippen LogP contribution in [0.25, 0.3) is 0 Å². The van der Waals surface area contributed by atoms with Gasteiger partial charge >= 0.3 is 17.9 Å². The van der Waals surface area contributed by atoms with E-state index in [-0.39, 0.29) is 59.6 Å². The van der Waals surface area contributed by atoms with Crippen LogP contribution in [0.15, 0.2) is 24.3 Å². The summed E-state index contributed by atoms with van der Waals surface area (Å²) in [5.41, 5.74) is 1.05. The summed E-state index contributed by atoms with van der Waals surface area (Å²) in [5.74, 6) is -2.08. The molecule has 1 saturated heterocycles. The molecule has 3 N–H and O–H groups in total.